The first-order chi connectivity index (χ1) is 8.84. The summed E-state index contributed by atoms with van der Waals surface area (Å²) in [5.74, 6) is -1.26. The SMILES string of the molecule is CC(CCCO)NCc1ccc(F)c(C(F)(F)F)c1. The van der Waals surface area contributed by atoms with E-state index in [0.717, 1.165) is 18.6 Å². The van der Waals surface area contributed by atoms with E-state index in [4.69, 9.17) is 5.11 Å². The molecular weight excluding hydrogens is 262 g/mol. The summed E-state index contributed by atoms with van der Waals surface area (Å²) in [4.78, 5) is 0. The van der Waals surface area contributed by atoms with Crippen LogP contribution in [0.4, 0.5) is 17.6 Å². The average molecular weight is 279 g/mol. The smallest absolute Gasteiger partial charge is 0.396 e. The Bertz CT molecular complexity index is 406. The minimum atomic E-state index is -4.68. The number of hydrogen-bond acceptors (Lipinski definition) is 2. The van der Waals surface area contributed by atoms with Gasteiger partial charge in [0.1, 0.15) is 5.82 Å². The lowest BCUT2D eigenvalue weighted by molar-refractivity contribution is -0.140. The van der Waals surface area contributed by atoms with E-state index in [9.17, 15) is 17.6 Å². The van der Waals surface area contributed by atoms with Gasteiger partial charge in [0.05, 0.1) is 5.56 Å². The molecule has 0 aliphatic rings. The first-order valence-corrected chi connectivity index (χ1v) is 6.04. The Morgan fingerprint density at radius 2 is 2.00 bits per heavy atom. The van der Waals surface area contributed by atoms with Crippen molar-refractivity contribution < 1.29 is 22.7 Å². The highest BCUT2D eigenvalue weighted by Gasteiger charge is 2.34. The van der Waals surface area contributed by atoms with Gasteiger partial charge in [-0.1, -0.05) is 6.07 Å². The van der Waals surface area contributed by atoms with Gasteiger partial charge in [0.15, 0.2) is 0 Å². The normalized spacial score (nSPS) is 13.6. The zero-order chi connectivity index (χ0) is 14.5. The van der Waals surface area contributed by atoms with Crippen molar-refractivity contribution in [2.24, 2.45) is 0 Å². The lowest BCUT2D eigenvalue weighted by Gasteiger charge is -2.14. The molecule has 2 nitrogen and oxygen atoms in total. The Morgan fingerprint density at radius 3 is 2.58 bits per heavy atom. The quantitative estimate of drug-likeness (QED) is 0.784. The van der Waals surface area contributed by atoms with E-state index in [1.54, 1.807) is 0 Å². The highest BCUT2D eigenvalue weighted by molar-refractivity contribution is 5.27. The van der Waals surface area contributed by atoms with Gasteiger partial charge in [-0.3, -0.25) is 0 Å². The molecule has 1 rings (SSSR count). The third-order valence-electron chi connectivity index (χ3n) is 2.79. The van der Waals surface area contributed by atoms with Crippen LogP contribution in [0.25, 0.3) is 0 Å². The highest BCUT2D eigenvalue weighted by Crippen LogP contribution is 2.31. The molecule has 1 atom stereocenters. The fourth-order valence-electron chi connectivity index (χ4n) is 1.69. The van der Waals surface area contributed by atoms with Gasteiger partial charge in [0, 0.05) is 19.2 Å². The summed E-state index contributed by atoms with van der Waals surface area (Å²) in [6.07, 6.45) is -3.32. The molecule has 0 amide bonds. The van der Waals surface area contributed by atoms with E-state index in [1.807, 2.05) is 6.92 Å². The van der Waals surface area contributed by atoms with Crippen LogP contribution in [0.15, 0.2) is 18.2 Å². The van der Waals surface area contributed by atoms with Gasteiger partial charge in [0.2, 0.25) is 0 Å². The van der Waals surface area contributed by atoms with Crippen molar-refractivity contribution in [2.45, 2.75) is 38.5 Å². The van der Waals surface area contributed by atoms with Gasteiger partial charge in [-0.15, -0.1) is 0 Å². The van der Waals surface area contributed by atoms with Gasteiger partial charge < -0.3 is 10.4 Å². The topological polar surface area (TPSA) is 32.3 Å². The number of nitrogens with one attached hydrogen (secondary N) is 1. The lowest BCUT2D eigenvalue weighted by Crippen LogP contribution is -2.25. The minimum absolute atomic E-state index is 0.0755. The molecule has 0 aliphatic heterocycles. The van der Waals surface area contributed by atoms with Gasteiger partial charge in [-0.2, -0.15) is 13.2 Å². The van der Waals surface area contributed by atoms with Gasteiger partial charge >= 0.3 is 6.18 Å². The van der Waals surface area contributed by atoms with Crippen molar-refractivity contribution in [2.75, 3.05) is 6.61 Å². The highest BCUT2D eigenvalue weighted by atomic mass is 19.4. The molecule has 0 saturated carbocycles. The average Bonchev–Trinajstić information content (AvgIpc) is 2.34. The van der Waals surface area contributed by atoms with Crippen LogP contribution in [0.1, 0.15) is 30.9 Å². The fraction of sp³-hybridized carbons (Fsp3) is 0.538. The first kappa shape index (κ1) is 15.9. The summed E-state index contributed by atoms with van der Waals surface area (Å²) >= 11 is 0. The van der Waals surface area contributed by atoms with Gasteiger partial charge in [0.25, 0.3) is 0 Å². The number of halogens is 4. The maximum Gasteiger partial charge on any atom is 0.419 e. The summed E-state index contributed by atoms with van der Waals surface area (Å²) in [6.45, 7) is 2.20. The molecular formula is C13H17F4NO. The lowest BCUT2D eigenvalue weighted by atomic mass is 10.1. The van der Waals surface area contributed by atoms with E-state index in [1.165, 1.54) is 6.07 Å². The van der Waals surface area contributed by atoms with Crippen LogP contribution in [-0.4, -0.2) is 17.8 Å². The van der Waals surface area contributed by atoms with Crippen molar-refractivity contribution in [3.63, 3.8) is 0 Å². The van der Waals surface area contributed by atoms with Crippen LogP contribution >= 0.6 is 0 Å². The van der Waals surface area contributed by atoms with E-state index in [-0.39, 0.29) is 19.2 Å². The number of aliphatic hydroxyl groups excluding tert-OH is 1. The summed E-state index contributed by atoms with van der Waals surface area (Å²) < 4.78 is 50.6. The number of aliphatic hydroxyl groups is 1. The van der Waals surface area contributed by atoms with Crippen molar-refractivity contribution in [3.05, 3.63) is 35.1 Å². The molecule has 0 saturated heterocycles. The second kappa shape index (κ2) is 6.86. The molecule has 0 fully saturated rings. The summed E-state index contributed by atoms with van der Waals surface area (Å²) in [5, 5.41) is 11.7. The van der Waals surface area contributed by atoms with Gasteiger partial charge in [-0.25, -0.2) is 4.39 Å². The molecule has 0 bridgehead atoms. The maximum absolute atomic E-state index is 13.1. The van der Waals surface area contributed by atoms with Crippen LogP contribution in [0, 0.1) is 5.82 Å². The maximum atomic E-state index is 13.1. The van der Waals surface area contributed by atoms with Crippen LogP contribution in [-0.2, 0) is 12.7 Å². The van der Waals surface area contributed by atoms with Crippen LogP contribution < -0.4 is 5.32 Å². The standard InChI is InChI=1S/C13H17F4NO/c1-9(3-2-6-19)18-8-10-4-5-12(14)11(7-10)13(15,16)17/h4-5,7,9,18-19H,2-3,6,8H2,1H3. The molecule has 0 aliphatic carbocycles. The zero-order valence-corrected chi connectivity index (χ0v) is 10.6. The van der Waals surface area contributed by atoms with Crippen molar-refractivity contribution in [1.82, 2.24) is 5.32 Å². The van der Waals surface area contributed by atoms with Gasteiger partial charge in [-0.05, 0) is 37.5 Å². The third-order valence-corrected chi connectivity index (χ3v) is 2.79. The Labute approximate surface area is 109 Å². The van der Waals surface area contributed by atoms with Crippen LogP contribution in [0.5, 0.6) is 0 Å². The Morgan fingerprint density at radius 1 is 1.32 bits per heavy atom. The van der Waals surface area contributed by atoms with E-state index < -0.39 is 17.6 Å². The molecule has 2 N–H and O–H groups in total. The second-order valence-corrected chi connectivity index (χ2v) is 4.46. The third kappa shape index (κ3) is 5.16. The van der Waals surface area contributed by atoms with E-state index in [2.05, 4.69) is 5.32 Å². The summed E-state index contributed by atoms with van der Waals surface area (Å²) in [6, 6.07) is 3.06. The number of alkyl halides is 3. The first-order valence-electron chi connectivity index (χ1n) is 6.04. The number of rotatable bonds is 6. The monoisotopic (exact) mass is 279 g/mol. The molecule has 1 aromatic carbocycles. The molecule has 1 unspecified atom stereocenters. The summed E-state index contributed by atoms with van der Waals surface area (Å²) in [5.41, 5.74) is -0.862. The predicted octanol–water partition coefficient (Wildman–Crippen LogP) is 3.10. The molecule has 0 aromatic heterocycles. The van der Waals surface area contributed by atoms with Crippen molar-refractivity contribution in [3.8, 4) is 0 Å². The summed E-state index contributed by atoms with van der Waals surface area (Å²) in [7, 11) is 0. The predicted molar refractivity (Wildman–Crippen MR) is 64.0 cm³/mol. The second-order valence-electron chi connectivity index (χ2n) is 4.46. The zero-order valence-electron chi connectivity index (χ0n) is 10.6. The number of benzene rings is 1. The van der Waals surface area contributed by atoms with Crippen molar-refractivity contribution >= 4 is 0 Å². The number of hydrogen-bond donors (Lipinski definition) is 2. The molecule has 0 spiro atoms. The fourth-order valence-corrected chi connectivity index (χ4v) is 1.69. The Balaban J connectivity index is 2.65. The molecule has 0 radical (unpaired) electrons. The van der Waals surface area contributed by atoms with Crippen LogP contribution in [0.3, 0.4) is 0 Å². The Hall–Kier alpha value is -1.14. The molecule has 19 heavy (non-hydrogen) atoms. The molecule has 1 aromatic rings. The minimum Gasteiger partial charge on any atom is -0.396 e. The molecule has 0 heterocycles. The Kier molecular flexibility index (Phi) is 5.75. The largest absolute Gasteiger partial charge is 0.419 e. The van der Waals surface area contributed by atoms with Crippen molar-refractivity contribution in [1.29, 1.82) is 0 Å². The molecule has 6 heteroatoms. The van der Waals surface area contributed by atoms with E-state index >= 15 is 0 Å². The molecule has 108 valence electrons. The van der Waals surface area contributed by atoms with E-state index in [0.29, 0.717) is 12.0 Å². The van der Waals surface area contributed by atoms with Crippen LogP contribution in [0.2, 0.25) is 0 Å².